The van der Waals surface area contributed by atoms with Crippen LogP contribution in [0.3, 0.4) is 0 Å². The van der Waals surface area contributed by atoms with E-state index >= 15 is 0 Å². The van der Waals surface area contributed by atoms with Gasteiger partial charge in [-0.25, -0.2) is 0 Å². The largest absolute Gasteiger partial charge is 0.382 e. The first-order valence-electron chi connectivity index (χ1n) is 9.13. The van der Waals surface area contributed by atoms with Crippen LogP contribution in [0.15, 0.2) is 35.3 Å². The Bertz CT molecular complexity index is 454. The fourth-order valence-electron chi connectivity index (χ4n) is 2.28. The smallest absolute Gasteiger partial charge is 0.191 e. The fraction of sp³-hybridized carbons (Fsp3) is 0.632. The zero-order valence-electron chi connectivity index (χ0n) is 16.0. The maximum absolute atomic E-state index is 5.45. The minimum absolute atomic E-state index is 0.648. The van der Waals surface area contributed by atoms with Crippen molar-refractivity contribution < 1.29 is 9.47 Å². The van der Waals surface area contributed by atoms with Crippen LogP contribution in [-0.2, 0) is 9.47 Å². The lowest BCUT2D eigenvalue weighted by molar-refractivity contribution is 0.0698. The number of para-hydroxylation sites is 1. The maximum atomic E-state index is 5.45. The summed E-state index contributed by atoms with van der Waals surface area (Å²) in [7, 11) is 3.80. The molecular weight excluding hydrogens is 316 g/mol. The van der Waals surface area contributed by atoms with Crippen molar-refractivity contribution in [2.75, 3.05) is 65.1 Å². The molecular formula is C19H34N4O2. The molecule has 0 atom stereocenters. The Morgan fingerprint density at radius 3 is 2.60 bits per heavy atom. The Labute approximate surface area is 152 Å². The van der Waals surface area contributed by atoms with Crippen molar-refractivity contribution >= 4 is 11.6 Å². The van der Waals surface area contributed by atoms with Crippen molar-refractivity contribution in [2.45, 2.75) is 19.8 Å². The van der Waals surface area contributed by atoms with Crippen molar-refractivity contribution in [3.05, 3.63) is 30.3 Å². The second-order valence-electron chi connectivity index (χ2n) is 5.76. The van der Waals surface area contributed by atoms with Crippen LogP contribution in [0.4, 0.5) is 5.69 Å². The highest BCUT2D eigenvalue weighted by molar-refractivity contribution is 5.79. The standard InChI is InChI=1S/C19H34N4O2/c1-4-20-19(22-13-9-15-25-17-16-24-3)21-12-8-14-23(2)18-10-6-5-7-11-18/h5-7,10-11H,4,8-9,12-17H2,1-3H3,(H2,20,21,22). The third kappa shape index (κ3) is 10.6. The molecule has 0 bridgehead atoms. The van der Waals surface area contributed by atoms with E-state index in [1.54, 1.807) is 7.11 Å². The maximum Gasteiger partial charge on any atom is 0.191 e. The topological polar surface area (TPSA) is 58.1 Å². The van der Waals surface area contributed by atoms with E-state index in [2.05, 4.69) is 58.8 Å². The zero-order valence-corrected chi connectivity index (χ0v) is 16.0. The molecule has 0 radical (unpaired) electrons. The predicted octanol–water partition coefficient (Wildman–Crippen LogP) is 2.12. The van der Waals surface area contributed by atoms with Crippen LogP contribution < -0.4 is 15.5 Å². The highest BCUT2D eigenvalue weighted by Crippen LogP contribution is 2.10. The van der Waals surface area contributed by atoms with Gasteiger partial charge in [-0.1, -0.05) is 18.2 Å². The summed E-state index contributed by atoms with van der Waals surface area (Å²) in [5.74, 6) is 0.877. The molecule has 0 aliphatic carbocycles. The van der Waals surface area contributed by atoms with Crippen LogP contribution in [0.5, 0.6) is 0 Å². The van der Waals surface area contributed by atoms with Gasteiger partial charge >= 0.3 is 0 Å². The monoisotopic (exact) mass is 350 g/mol. The van der Waals surface area contributed by atoms with Gasteiger partial charge < -0.3 is 25.0 Å². The van der Waals surface area contributed by atoms with Gasteiger partial charge in [0.15, 0.2) is 5.96 Å². The van der Waals surface area contributed by atoms with E-state index < -0.39 is 0 Å². The van der Waals surface area contributed by atoms with Gasteiger partial charge in [0.25, 0.3) is 0 Å². The Hall–Kier alpha value is -1.79. The highest BCUT2D eigenvalue weighted by Gasteiger charge is 2.00. The van der Waals surface area contributed by atoms with Gasteiger partial charge in [-0.15, -0.1) is 0 Å². The summed E-state index contributed by atoms with van der Waals surface area (Å²) in [4.78, 5) is 6.89. The highest BCUT2D eigenvalue weighted by atomic mass is 16.5. The molecule has 1 aromatic rings. The number of benzene rings is 1. The van der Waals surface area contributed by atoms with E-state index in [0.29, 0.717) is 13.2 Å². The van der Waals surface area contributed by atoms with Crippen molar-refractivity contribution in [3.8, 4) is 0 Å². The van der Waals surface area contributed by atoms with Gasteiger partial charge in [-0.3, -0.25) is 4.99 Å². The molecule has 0 saturated heterocycles. The number of rotatable bonds is 13. The number of methoxy groups -OCH3 is 1. The van der Waals surface area contributed by atoms with Crippen LogP contribution in [0, 0.1) is 0 Å². The van der Waals surface area contributed by atoms with E-state index in [4.69, 9.17) is 9.47 Å². The SMILES string of the molecule is CCNC(=NCCCN(C)c1ccccc1)NCCCOCCOC. The summed E-state index contributed by atoms with van der Waals surface area (Å²) in [6.07, 6.45) is 1.97. The lowest BCUT2D eigenvalue weighted by Gasteiger charge is -2.18. The van der Waals surface area contributed by atoms with Gasteiger partial charge in [0.1, 0.15) is 0 Å². The third-order valence-electron chi connectivity index (χ3n) is 3.65. The first-order valence-corrected chi connectivity index (χ1v) is 9.13. The average molecular weight is 351 g/mol. The van der Waals surface area contributed by atoms with E-state index in [-0.39, 0.29) is 0 Å². The number of hydrogen-bond acceptors (Lipinski definition) is 4. The van der Waals surface area contributed by atoms with Crippen LogP contribution in [0.1, 0.15) is 19.8 Å². The zero-order chi connectivity index (χ0) is 18.2. The van der Waals surface area contributed by atoms with Crippen molar-refractivity contribution in [3.63, 3.8) is 0 Å². The van der Waals surface area contributed by atoms with Crippen molar-refractivity contribution in [1.29, 1.82) is 0 Å². The molecule has 0 spiro atoms. The summed E-state index contributed by atoms with van der Waals surface area (Å²) in [5.41, 5.74) is 1.24. The predicted molar refractivity (Wildman–Crippen MR) is 106 cm³/mol. The van der Waals surface area contributed by atoms with Crippen LogP contribution in [0.25, 0.3) is 0 Å². The summed E-state index contributed by atoms with van der Waals surface area (Å²) < 4.78 is 10.4. The summed E-state index contributed by atoms with van der Waals surface area (Å²) in [6.45, 7) is 7.61. The molecule has 0 saturated carbocycles. The summed E-state index contributed by atoms with van der Waals surface area (Å²) in [5, 5.41) is 6.62. The molecule has 142 valence electrons. The molecule has 0 heterocycles. The number of nitrogens with one attached hydrogen (secondary N) is 2. The third-order valence-corrected chi connectivity index (χ3v) is 3.65. The molecule has 6 heteroatoms. The second-order valence-corrected chi connectivity index (χ2v) is 5.76. The molecule has 0 aliphatic rings. The molecule has 0 amide bonds. The van der Waals surface area contributed by atoms with Crippen molar-refractivity contribution in [2.24, 2.45) is 4.99 Å². The van der Waals surface area contributed by atoms with E-state index in [1.807, 2.05) is 6.07 Å². The van der Waals surface area contributed by atoms with Crippen LogP contribution in [-0.4, -0.2) is 66.1 Å². The number of aliphatic imine (C=N–C) groups is 1. The lowest BCUT2D eigenvalue weighted by Crippen LogP contribution is -2.38. The van der Waals surface area contributed by atoms with Gasteiger partial charge in [-0.2, -0.15) is 0 Å². The minimum atomic E-state index is 0.648. The number of anilines is 1. The van der Waals surface area contributed by atoms with E-state index in [9.17, 15) is 0 Å². The molecule has 0 aliphatic heterocycles. The number of guanidine groups is 1. The van der Waals surface area contributed by atoms with Crippen molar-refractivity contribution in [1.82, 2.24) is 10.6 Å². The normalized spacial score (nSPS) is 11.4. The Morgan fingerprint density at radius 1 is 1.08 bits per heavy atom. The number of hydrogen-bond donors (Lipinski definition) is 2. The van der Waals surface area contributed by atoms with Crippen LogP contribution >= 0.6 is 0 Å². The lowest BCUT2D eigenvalue weighted by atomic mass is 10.3. The molecule has 0 fully saturated rings. The Kier molecular flexibility index (Phi) is 12.4. The average Bonchev–Trinajstić information content (AvgIpc) is 2.64. The number of ether oxygens (including phenoxy) is 2. The Morgan fingerprint density at radius 2 is 1.88 bits per heavy atom. The number of nitrogens with zero attached hydrogens (tertiary/aromatic N) is 2. The summed E-state index contributed by atoms with van der Waals surface area (Å²) in [6, 6.07) is 10.4. The fourth-order valence-corrected chi connectivity index (χ4v) is 2.28. The first kappa shape index (κ1) is 21.3. The molecule has 6 nitrogen and oxygen atoms in total. The summed E-state index contributed by atoms with van der Waals surface area (Å²) >= 11 is 0. The van der Waals surface area contributed by atoms with Crippen LogP contribution in [0.2, 0.25) is 0 Å². The quantitative estimate of drug-likeness (QED) is 0.324. The molecule has 1 aromatic carbocycles. The molecule has 25 heavy (non-hydrogen) atoms. The molecule has 0 unspecified atom stereocenters. The van der Waals surface area contributed by atoms with E-state index in [0.717, 1.165) is 51.6 Å². The second kappa shape index (κ2) is 14.5. The molecule has 2 N–H and O–H groups in total. The molecule has 0 aromatic heterocycles. The van der Waals surface area contributed by atoms with Gasteiger partial charge in [0, 0.05) is 52.6 Å². The van der Waals surface area contributed by atoms with Gasteiger partial charge in [0.05, 0.1) is 13.2 Å². The Balaban J connectivity index is 2.19. The molecule has 1 rings (SSSR count). The van der Waals surface area contributed by atoms with E-state index in [1.165, 1.54) is 5.69 Å². The minimum Gasteiger partial charge on any atom is -0.382 e. The van der Waals surface area contributed by atoms with Gasteiger partial charge in [-0.05, 0) is 31.9 Å². The van der Waals surface area contributed by atoms with Gasteiger partial charge in [0.2, 0.25) is 0 Å². The first-order chi connectivity index (χ1) is 12.3.